The monoisotopic (exact) mass is 245 g/mol. The fourth-order valence-corrected chi connectivity index (χ4v) is 2.30. The van der Waals surface area contributed by atoms with Gasteiger partial charge in [0.2, 0.25) is 5.13 Å². The van der Waals surface area contributed by atoms with Gasteiger partial charge in [0.15, 0.2) is 0 Å². The molecule has 1 N–H and O–H groups in total. The summed E-state index contributed by atoms with van der Waals surface area (Å²) in [5.41, 5.74) is 3.82. The maximum Gasteiger partial charge on any atom is 0.205 e. The van der Waals surface area contributed by atoms with Gasteiger partial charge in [-0.1, -0.05) is 29.5 Å². The molecule has 0 saturated carbocycles. The second-order valence-corrected chi connectivity index (χ2v) is 4.56. The SMILES string of the molecule is Cc1oc2ccccc2c1CNc1nncs1. The Morgan fingerprint density at radius 3 is 3.06 bits per heavy atom. The Morgan fingerprint density at radius 1 is 1.35 bits per heavy atom. The van der Waals surface area contributed by atoms with Crippen LogP contribution in [0.25, 0.3) is 11.0 Å². The van der Waals surface area contributed by atoms with Crippen molar-refractivity contribution in [1.29, 1.82) is 0 Å². The number of benzene rings is 1. The Kier molecular flexibility index (Phi) is 2.53. The highest BCUT2D eigenvalue weighted by Gasteiger charge is 2.10. The minimum atomic E-state index is 0.706. The molecule has 0 atom stereocenters. The van der Waals surface area contributed by atoms with Gasteiger partial charge in [0.1, 0.15) is 16.9 Å². The Labute approximate surface area is 102 Å². The molecule has 0 fully saturated rings. The number of aryl methyl sites for hydroxylation is 1. The molecule has 1 aromatic carbocycles. The summed E-state index contributed by atoms with van der Waals surface area (Å²) in [6, 6.07) is 8.05. The molecule has 2 aromatic heterocycles. The molecule has 0 unspecified atom stereocenters. The van der Waals surface area contributed by atoms with Gasteiger partial charge in [0.25, 0.3) is 0 Å². The van der Waals surface area contributed by atoms with Crippen LogP contribution < -0.4 is 5.32 Å². The highest BCUT2D eigenvalue weighted by Crippen LogP contribution is 2.26. The molecule has 0 spiro atoms. The van der Waals surface area contributed by atoms with E-state index in [0.717, 1.165) is 21.9 Å². The van der Waals surface area contributed by atoms with Crippen molar-refractivity contribution in [3.63, 3.8) is 0 Å². The lowest BCUT2D eigenvalue weighted by Crippen LogP contribution is -1.99. The van der Waals surface area contributed by atoms with Gasteiger partial charge < -0.3 is 9.73 Å². The molecule has 17 heavy (non-hydrogen) atoms. The van der Waals surface area contributed by atoms with Crippen LogP contribution in [0.5, 0.6) is 0 Å². The van der Waals surface area contributed by atoms with Crippen molar-refractivity contribution in [3.05, 3.63) is 41.1 Å². The van der Waals surface area contributed by atoms with E-state index in [1.54, 1.807) is 5.51 Å². The topological polar surface area (TPSA) is 51.0 Å². The molecule has 0 saturated heterocycles. The van der Waals surface area contributed by atoms with E-state index < -0.39 is 0 Å². The normalized spacial score (nSPS) is 10.9. The quantitative estimate of drug-likeness (QED) is 0.769. The van der Waals surface area contributed by atoms with Crippen molar-refractivity contribution in [2.24, 2.45) is 0 Å². The molecule has 0 bridgehead atoms. The summed E-state index contributed by atoms with van der Waals surface area (Å²) in [6.07, 6.45) is 0. The molecular weight excluding hydrogens is 234 g/mol. The second-order valence-electron chi connectivity index (χ2n) is 3.73. The number of para-hydroxylation sites is 1. The van der Waals surface area contributed by atoms with Gasteiger partial charge in [-0.15, -0.1) is 10.2 Å². The van der Waals surface area contributed by atoms with Crippen LogP contribution in [0.4, 0.5) is 5.13 Å². The Bertz CT molecular complexity index is 630. The van der Waals surface area contributed by atoms with Crippen molar-refractivity contribution < 1.29 is 4.42 Å². The zero-order chi connectivity index (χ0) is 11.7. The van der Waals surface area contributed by atoms with Crippen LogP contribution in [0.2, 0.25) is 0 Å². The summed E-state index contributed by atoms with van der Waals surface area (Å²) in [5, 5.41) is 13.0. The third-order valence-corrected chi connectivity index (χ3v) is 3.33. The third kappa shape index (κ3) is 1.89. The molecule has 0 radical (unpaired) electrons. The van der Waals surface area contributed by atoms with Crippen molar-refractivity contribution in [2.45, 2.75) is 13.5 Å². The number of furan rings is 1. The van der Waals surface area contributed by atoms with E-state index in [1.165, 1.54) is 16.9 Å². The van der Waals surface area contributed by atoms with Gasteiger partial charge in [-0.05, 0) is 13.0 Å². The van der Waals surface area contributed by atoms with Gasteiger partial charge in [-0.2, -0.15) is 0 Å². The van der Waals surface area contributed by atoms with Crippen LogP contribution in [-0.4, -0.2) is 10.2 Å². The molecule has 4 nitrogen and oxygen atoms in total. The lowest BCUT2D eigenvalue weighted by Gasteiger charge is -2.00. The Balaban J connectivity index is 1.92. The van der Waals surface area contributed by atoms with E-state index in [0.29, 0.717) is 6.54 Å². The molecule has 2 heterocycles. The summed E-state index contributed by atoms with van der Waals surface area (Å²) in [6.45, 7) is 2.69. The molecule has 3 rings (SSSR count). The van der Waals surface area contributed by atoms with E-state index in [1.807, 2.05) is 25.1 Å². The van der Waals surface area contributed by atoms with Crippen molar-refractivity contribution in [3.8, 4) is 0 Å². The summed E-state index contributed by atoms with van der Waals surface area (Å²) in [7, 11) is 0. The van der Waals surface area contributed by atoms with Crippen LogP contribution in [0.1, 0.15) is 11.3 Å². The van der Waals surface area contributed by atoms with Crippen LogP contribution in [0, 0.1) is 6.92 Å². The molecule has 0 amide bonds. The number of fused-ring (bicyclic) bond motifs is 1. The maximum atomic E-state index is 5.70. The number of hydrogen-bond acceptors (Lipinski definition) is 5. The third-order valence-electron chi connectivity index (χ3n) is 2.68. The van der Waals surface area contributed by atoms with Gasteiger partial charge in [-0.25, -0.2) is 0 Å². The maximum absolute atomic E-state index is 5.70. The first-order valence-electron chi connectivity index (χ1n) is 5.31. The first-order chi connectivity index (χ1) is 8.34. The summed E-state index contributed by atoms with van der Waals surface area (Å²) >= 11 is 1.49. The van der Waals surface area contributed by atoms with Gasteiger partial charge in [-0.3, -0.25) is 0 Å². The summed E-state index contributed by atoms with van der Waals surface area (Å²) < 4.78 is 5.70. The smallest absolute Gasteiger partial charge is 0.205 e. The lowest BCUT2D eigenvalue weighted by molar-refractivity contribution is 0.573. The van der Waals surface area contributed by atoms with E-state index in [-0.39, 0.29) is 0 Å². The minimum absolute atomic E-state index is 0.706. The van der Waals surface area contributed by atoms with Crippen molar-refractivity contribution in [1.82, 2.24) is 10.2 Å². The minimum Gasteiger partial charge on any atom is -0.461 e. The Morgan fingerprint density at radius 2 is 2.24 bits per heavy atom. The fourth-order valence-electron chi connectivity index (χ4n) is 1.85. The first kappa shape index (κ1) is 10.3. The van der Waals surface area contributed by atoms with Crippen molar-refractivity contribution >= 4 is 27.4 Å². The fraction of sp³-hybridized carbons (Fsp3) is 0.167. The predicted molar refractivity (Wildman–Crippen MR) is 68.2 cm³/mol. The van der Waals surface area contributed by atoms with Crippen LogP contribution in [-0.2, 0) is 6.54 Å². The van der Waals surface area contributed by atoms with Crippen molar-refractivity contribution in [2.75, 3.05) is 5.32 Å². The summed E-state index contributed by atoms with van der Waals surface area (Å²) in [5.74, 6) is 0.947. The highest BCUT2D eigenvalue weighted by molar-refractivity contribution is 7.13. The van der Waals surface area contributed by atoms with Crippen LogP contribution in [0.3, 0.4) is 0 Å². The van der Waals surface area contributed by atoms with E-state index in [4.69, 9.17) is 4.42 Å². The predicted octanol–water partition coefficient (Wildman–Crippen LogP) is 3.20. The zero-order valence-electron chi connectivity index (χ0n) is 9.30. The molecule has 0 aliphatic heterocycles. The molecule has 3 aromatic rings. The summed E-state index contributed by atoms with van der Waals surface area (Å²) in [4.78, 5) is 0. The average Bonchev–Trinajstić information content (AvgIpc) is 2.93. The first-order valence-corrected chi connectivity index (χ1v) is 6.19. The average molecular weight is 245 g/mol. The molecule has 5 heteroatoms. The molecule has 0 aliphatic carbocycles. The number of nitrogens with zero attached hydrogens (tertiary/aromatic N) is 2. The van der Waals surface area contributed by atoms with Gasteiger partial charge in [0, 0.05) is 17.5 Å². The van der Waals surface area contributed by atoms with E-state index >= 15 is 0 Å². The largest absolute Gasteiger partial charge is 0.461 e. The second kappa shape index (κ2) is 4.18. The number of aromatic nitrogens is 2. The Hall–Kier alpha value is -1.88. The lowest BCUT2D eigenvalue weighted by atomic mass is 10.1. The highest BCUT2D eigenvalue weighted by atomic mass is 32.1. The van der Waals surface area contributed by atoms with Gasteiger partial charge >= 0.3 is 0 Å². The number of nitrogens with one attached hydrogen (secondary N) is 1. The van der Waals surface area contributed by atoms with Gasteiger partial charge in [0.05, 0.1) is 0 Å². The zero-order valence-corrected chi connectivity index (χ0v) is 10.1. The number of rotatable bonds is 3. The van der Waals surface area contributed by atoms with E-state index in [2.05, 4.69) is 21.6 Å². The number of hydrogen-bond donors (Lipinski definition) is 1. The van der Waals surface area contributed by atoms with E-state index in [9.17, 15) is 0 Å². The van der Waals surface area contributed by atoms with Crippen LogP contribution >= 0.6 is 11.3 Å². The molecule has 0 aliphatic rings. The number of anilines is 1. The standard InChI is InChI=1S/C12H11N3OS/c1-8-10(6-13-12-15-14-7-17-12)9-4-2-3-5-11(9)16-8/h2-5,7H,6H2,1H3,(H,13,15). The molecule has 86 valence electrons. The molecular formula is C12H11N3OS. The van der Waals surface area contributed by atoms with Crippen LogP contribution in [0.15, 0.2) is 34.2 Å².